The molecule has 2 aromatic rings. The highest BCUT2D eigenvalue weighted by Crippen LogP contribution is 2.23. The standard InChI is InChI=1S/C9H5BrFN3OS/c10-6-2-1-5(11)3-7(6)12-9(15)8-4-16-14-13-8/h1-4H,(H,12,15). The Morgan fingerprint density at radius 1 is 1.50 bits per heavy atom. The number of halogens is 2. The summed E-state index contributed by atoms with van der Waals surface area (Å²) in [6.07, 6.45) is 0. The zero-order valence-electron chi connectivity index (χ0n) is 7.78. The van der Waals surface area contributed by atoms with Crippen LogP contribution >= 0.6 is 27.5 Å². The van der Waals surface area contributed by atoms with Gasteiger partial charge < -0.3 is 5.32 Å². The van der Waals surface area contributed by atoms with Gasteiger partial charge in [0.05, 0.1) is 5.69 Å². The van der Waals surface area contributed by atoms with E-state index in [4.69, 9.17) is 0 Å². The van der Waals surface area contributed by atoms with E-state index in [2.05, 4.69) is 30.8 Å². The molecule has 7 heteroatoms. The number of hydrogen-bond donors (Lipinski definition) is 1. The van der Waals surface area contributed by atoms with Crippen molar-refractivity contribution in [2.24, 2.45) is 0 Å². The average Bonchev–Trinajstić information content (AvgIpc) is 2.76. The number of nitrogens with one attached hydrogen (secondary N) is 1. The molecular weight excluding hydrogens is 297 g/mol. The Hall–Kier alpha value is -1.34. The number of carbonyl (C=O) groups excluding carboxylic acids is 1. The molecule has 0 saturated heterocycles. The van der Waals surface area contributed by atoms with Crippen molar-refractivity contribution in [1.82, 2.24) is 9.59 Å². The second kappa shape index (κ2) is 4.67. The van der Waals surface area contributed by atoms with Gasteiger partial charge in [-0.15, -0.1) is 5.10 Å². The first-order valence-electron chi connectivity index (χ1n) is 4.20. The van der Waals surface area contributed by atoms with E-state index in [1.807, 2.05) is 0 Å². The molecule has 4 nitrogen and oxygen atoms in total. The van der Waals surface area contributed by atoms with E-state index in [0.29, 0.717) is 10.2 Å². The Labute approximate surface area is 103 Å². The Bertz CT molecular complexity index is 517. The molecule has 0 aliphatic rings. The maximum atomic E-state index is 12.9. The van der Waals surface area contributed by atoms with Gasteiger partial charge >= 0.3 is 0 Å². The fourth-order valence-corrected chi connectivity index (χ4v) is 1.83. The summed E-state index contributed by atoms with van der Waals surface area (Å²) in [4.78, 5) is 11.6. The van der Waals surface area contributed by atoms with Crippen molar-refractivity contribution in [3.8, 4) is 0 Å². The van der Waals surface area contributed by atoms with E-state index in [1.54, 1.807) is 0 Å². The van der Waals surface area contributed by atoms with E-state index in [9.17, 15) is 9.18 Å². The van der Waals surface area contributed by atoms with Gasteiger partial charge in [-0.1, -0.05) is 4.49 Å². The van der Waals surface area contributed by atoms with Gasteiger partial charge in [-0.3, -0.25) is 4.79 Å². The summed E-state index contributed by atoms with van der Waals surface area (Å²) in [5.41, 5.74) is 0.569. The molecule has 1 aromatic heterocycles. The van der Waals surface area contributed by atoms with Crippen LogP contribution in [-0.2, 0) is 0 Å². The Balaban J connectivity index is 2.21. The van der Waals surface area contributed by atoms with E-state index in [0.717, 1.165) is 11.5 Å². The molecule has 0 saturated carbocycles. The molecule has 2 rings (SSSR count). The van der Waals surface area contributed by atoms with Gasteiger partial charge in [-0.05, 0) is 45.7 Å². The maximum absolute atomic E-state index is 12.9. The number of anilines is 1. The lowest BCUT2D eigenvalue weighted by Gasteiger charge is -2.05. The lowest BCUT2D eigenvalue weighted by atomic mass is 10.3. The minimum absolute atomic E-state index is 0.209. The largest absolute Gasteiger partial charge is 0.319 e. The van der Waals surface area contributed by atoms with Crippen molar-refractivity contribution in [1.29, 1.82) is 0 Å². The van der Waals surface area contributed by atoms with E-state index in [-0.39, 0.29) is 5.69 Å². The molecule has 0 atom stereocenters. The normalized spacial score (nSPS) is 10.1. The van der Waals surface area contributed by atoms with Crippen molar-refractivity contribution in [3.05, 3.63) is 39.6 Å². The number of rotatable bonds is 2. The number of amides is 1. The first kappa shape index (κ1) is 11.2. The summed E-state index contributed by atoms with van der Waals surface area (Å²) in [7, 11) is 0. The number of nitrogens with zero attached hydrogens (tertiary/aromatic N) is 2. The Morgan fingerprint density at radius 3 is 3.00 bits per heavy atom. The third-order valence-electron chi connectivity index (χ3n) is 1.77. The summed E-state index contributed by atoms with van der Waals surface area (Å²) < 4.78 is 17.1. The van der Waals surface area contributed by atoms with Crippen LogP contribution in [0.2, 0.25) is 0 Å². The monoisotopic (exact) mass is 301 g/mol. The molecular formula is C9H5BrFN3OS. The van der Waals surface area contributed by atoms with Crippen molar-refractivity contribution in [3.63, 3.8) is 0 Å². The number of carbonyl (C=O) groups is 1. The molecule has 0 bridgehead atoms. The molecule has 16 heavy (non-hydrogen) atoms. The number of aromatic nitrogens is 2. The molecule has 1 heterocycles. The second-order valence-corrected chi connectivity index (χ2v) is 4.33. The van der Waals surface area contributed by atoms with Gasteiger partial charge in [-0.25, -0.2) is 4.39 Å². The maximum Gasteiger partial charge on any atom is 0.277 e. The van der Waals surface area contributed by atoms with Gasteiger partial charge in [0.2, 0.25) is 0 Å². The third kappa shape index (κ3) is 2.42. The van der Waals surface area contributed by atoms with Crippen LogP contribution in [0.25, 0.3) is 0 Å². The van der Waals surface area contributed by atoms with E-state index < -0.39 is 11.7 Å². The highest BCUT2D eigenvalue weighted by molar-refractivity contribution is 9.10. The summed E-state index contributed by atoms with van der Waals surface area (Å²) in [6.45, 7) is 0. The van der Waals surface area contributed by atoms with Gasteiger partial charge in [0.25, 0.3) is 5.91 Å². The van der Waals surface area contributed by atoms with Crippen LogP contribution in [0, 0.1) is 5.82 Å². The van der Waals surface area contributed by atoms with Gasteiger partial charge in [0.1, 0.15) is 5.82 Å². The smallest absolute Gasteiger partial charge is 0.277 e. The van der Waals surface area contributed by atoms with Crippen LogP contribution in [0.4, 0.5) is 10.1 Å². The molecule has 0 fully saturated rings. The van der Waals surface area contributed by atoms with Crippen LogP contribution < -0.4 is 5.32 Å². The predicted molar refractivity (Wildman–Crippen MR) is 62.0 cm³/mol. The lowest BCUT2D eigenvalue weighted by molar-refractivity contribution is 0.102. The summed E-state index contributed by atoms with van der Waals surface area (Å²) >= 11 is 4.29. The average molecular weight is 302 g/mol. The number of benzene rings is 1. The van der Waals surface area contributed by atoms with Crippen LogP contribution in [0.3, 0.4) is 0 Å². The quantitative estimate of drug-likeness (QED) is 0.928. The molecule has 0 spiro atoms. The molecule has 0 unspecified atom stereocenters. The zero-order valence-corrected chi connectivity index (χ0v) is 10.2. The molecule has 1 amide bonds. The minimum Gasteiger partial charge on any atom is -0.319 e. The summed E-state index contributed by atoms with van der Waals surface area (Å²) in [6, 6.07) is 4.04. The SMILES string of the molecule is O=C(Nc1cc(F)ccc1Br)c1csnn1. The highest BCUT2D eigenvalue weighted by atomic mass is 79.9. The first-order valence-corrected chi connectivity index (χ1v) is 5.83. The molecule has 1 aromatic carbocycles. The van der Waals surface area contributed by atoms with Crippen molar-refractivity contribution in [2.45, 2.75) is 0 Å². The van der Waals surface area contributed by atoms with Crippen LogP contribution in [0.5, 0.6) is 0 Å². The topological polar surface area (TPSA) is 54.9 Å². The molecule has 1 N–H and O–H groups in total. The van der Waals surface area contributed by atoms with Gasteiger partial charge in [-0.2, -0.15) is 0 Å². The molecule has 0 radical (unpaired) electrons. The molecule has 0 aliphatic heterocycles. The Morgan fingerprint density at radius 2 is 2.31 bits per heavy atom. The highest BCUT2D eigenvalue weighted by Gasteiger charge is 2.11. The molecule has 82 valence electrons. The number of hydrogen-bond acceptors (Lipinski definition) is 4. The first-order chi connectivity index (χ1) is 7.66. The lowest BCUT2D eigenvalue weighted by Crippen LogP contribution is -2.12. The summed E-state index contributed by atoms with van der Waals surface area (Å²) in [5.74, 6) is -0.838. The predicted octanol–water partition coefficient (Wildman–Crippen LogP) is 2.69. The second-order valence-electron chi connectivity index (χ2n) is 2.87. The van der Waals surface area contributed by atoms with E-state index in [1.165, 1.54) is 23.6 Å². The minimum atomic E-state index is -0.421. The van der Waals surface area contributed by atoms with Crippen LogP contribution in [0.1, 0.15) is 10.5 Å². The van der Waals surface area contributed by atoms with Crippen LogP contribution in [0.15, 0.2) is 28.1 Å². The fraction of sp³-hybridized carbons (Fsp3) is 0. The van der Waals surface area contributed by atoms with Crippen molar-refractivity contribution in [2.75, 3.05) is 5.32 Å². The van der Waals surface area contributed by atoms with Crippen molar-refractivity contribution < 1.29 is 9.18 Å². The fourth-order valence-electron chi connectivity index (χ4n) is 1.04. The van der Waals surface area contributed by atoms with Gasteiger partial charge in [0, 0.05) is 9.85 Å². The van der Waals surface area contributed by atoms with E-state index >= 15 is 0 Å². The Kier molecular flexibility index (Phi) is 3.25. The van der Waals surface area contributed by atoms with Crippen LogP contribution in [-0.4, -0.2) is 15.5 Å². The zero-order chi connectivity index (χ0) is 11.5. The van der Waals surface area contributed by atoms with Gasteiger partial charge in [0.15, 0.2) is 5.69 Å². The molecule has 0 aliphatic carbocycles. The van der Waals surface area contributed by atoms with Crippen molar-refractivity contribution >= 4 is 39.1 Å². The third-order valence-corrected chi connectivity index (χ3v) is 2.97. The summed E-state index contributed by atoms with van der Waals surface area (Å²) in [5, 5.41) is 7.66.